The molecule has 0 aliphatic carbocycles. The Labute approximate surface area is 126 Å². The molecule has 0 aliphatic rings. The van der Waals surface area contributed by atoms with Crippen LogP contribution in [-0.2, 0) is 7.05 Å². The van der Waals surface area contributed by atoms with Crippen molar-refractivity contribution in [2.45, 2.75) is 13.8 Å². The number of aromatic amines is 1. The number of nitrogens with one attached hydrogen (secondary N) is 2. The maximum atomic E-state index is 12.2. The second-order valence-electron chi connectivity index (χ2n) is 5.12. The average Bonchev–Trinajstić information content (AvgIpc) is 3.05. The van der Waals surface area contributed by atoms with Crippen LogP contribution in [0.3, 0.4) is 0 Å². The molecule has 7 nitrogen and oxygen atoms in total. The molecular formula is C15H15N5O2. The van der Waals surface area contributed by atoms with Gasteiger partial charge in [-0.1, -0.05) is 0 Å². The number of carbonyl (C=O) groups excluding carboxylic acids is 2. The van der Waals surface area contributed by atoms with Gasteiger partial charge in [0.05, 0.1) is 17.6 Å². The van der Waals surface area contributed by atoms with Gasteiger partial charge in [0, 0.05) is 24.2 Å². The molecule has 112 valence electrons. The molecule has 22 heavy (non-hydrogen) atoms. The van der Waals surface area contributed by atoms with Gasteiger partial charge in [0.25, 0.3) is 5.91 Å². The lowest BCUT2D eigenvalue weighted by atomic mass is 10.2. The molecular weight excluding hydrogens is 282 g/mol. The number of hydrogen-bond acceptors (Lipinski definition) is 4. The summed E-state index contributed by atoms with van der Waals surface area (Å²) in [5, 5.41) is 7.93. The molecule has 0 atom stereocenters. The van der Waals surface area contributed by atoms with E-state index in [4.69, 9.17) is 0 Å². The predicted molar refractivity (Wildman–Crippen MR) is 82.0 cm³/mol. The lowest BCUT2D eigenvalue weighted by molar-refractivity contribution is 0.101. The van der Waals surface area contributed by atoms with Crippen LogP contribution in [0.4, 0.5) is 5.69 Å². The number of rotatable bonds is 3. The van der Waals surface area contributed by atoms with E-state index in [1.807, 2.05) is 20.0 Å². The van der Waals surface area contributed by atoms with Crippen molar-refractivity contribution in [2.24, 2.45) is 7.05 Å². The fourth-order valence-electron chi connectivity index (χ4n) is 2.30. The second-order valence-corrected chi connectivity index (χ2v) is 5.12. The van der Waals surface area contributed by atoms with E-state index in [0.717, 1.165) is 16.7 Å². The highest BCUT2D eigenvalue weighted by molar-refractivity contribution is 6.05. The van der Waals surface area contributed by atoms with Crippen LogP contribution in [0.2, 0.25) is 0 Å². The molecule has 3 aromatic heterocycles. The smallest absolute Gasteiger partial charge is 0.272 e. The molecule has 1 amide bonds. The molecule has 0 fully saturated rings. The minimum Gasteiger partial charge on any atom is -0.356 e. The van der Waals surface area contributed by atoms with E-state index in [2.05, 4.69) is 20.4 Å². The maximum absolute atomic E-state index is 12.2. The van der Waals surface area contributed by atoms with E-state index in [1.165, 1.54) is 19.2 Å². The molecule has 3 aromatic rings. The number of anilines is 1. The number of aryl methyl sites for hydroxylation is 2. The van der Waals surface area contributed by atoms with Gasteiger partial charge in [0.2, 0.25) is 0 Å². The Kier molecular flexibility index (Phi) is 3.25. The number of nitrogens with zero attached hydrogens (tertiary/aromatic N) is 3. The molecule has 0 radical (unpaired) electrons. The van der Waals surface area contributed by atoms with Crippen molar-refractivity contribution in [1.82, 2.24) is 19.7 Å². The minimum atomic E-state index is -0.324. The van der Waals surface area contributed by atoms with Gasteiger partial charge < -0.3 is 10.3 Å². The Morgan fingerprint density at radius 3 is 2.77 bits per heavy atom. The maximum Gasteiger partial charge on any atom is 0.272 e. The van der Waals surface area contributed by atoms with E-state index in [1.54, 1.807) is 10.9 Å². The van der Waals surface area contributed by atoms with Crippen molar-refractivity contribution < 1.29 is 9.59 Å². The van der Waals surface area contributed by atoms with Crippen molar-refractivity contribution in [2.75, 3.05) is 5.32 Å². The van der Waals surface area contributed by atoms with Crippen LogP contribution >= 0.6 is 0 Å². The van der Waals surface area contributed by atoms with Crippen LogP contribution < -0.4 is 5.32 Å². The summed E-state index contributed by atoms with van der Waals surface area (Å²) in [5.41, 5.74) is 2.98. The lowest BCUT2D eigenvalue weighted by Crippen LogP contribution is -2.12. The monoisotopic (exact) mass is 297 g/mol. The summed E-state index contributed by atoms with van der Waals surface area (Å²) < 4.78 is 1.69. The fraction of sp³-hybridized carbons (Fsp3) is 0.200. The van der Waals surface area contributed by atoms with Crippen molar-refractivity contribution in [3.8, 4) is 0 Å². The topological polar surface area (TPSA) is 92.7 Å². The Morgan fingerprint density at radius 1 is 1.32 bits per heavy atom. The third-order valence-corrected chi connectivity index (χ3v) is 3.46. The first-order valence-corrected chi connectivity index (χ1v) is 6.76. The summed E-state index contributed by atoms with van der Waals surface area (Å²) in [6.45, 7) is 3.34. The fourth-order valence-corrected chi connectivity index (χ4v) is 2.30. The summed E-state index contributed by atoms with van der Waals surface area (Å²) in [6.07, 6.45) is 3.10. The number of aromatic nitrogens is 4. The van der Waals surface area contributed by atoms with E-state index < -0.39 is 0 Å². The normalized spacial score (nSPS) is 10.9. The van der Waals surface area contributed by atoms with Gasteiger partial charge in [-0.3, -0.25) is 14.3 Å². The highest BCUT2D eigenvalue weighted by Crippen LogP contribution is 2.19. The lowest BCUT2D eigenvalue weighted by Gasteiger charge is -2.03. The molecule has 0 unspecified atom stereocenters. The van der Waals surface area contributed by atoms with Crippen molar-refractivity contribution in [3.05, 3.63) is 41.5 Å². The van der Waals surface area contributed by atoms with Crippen molar-refractivity contribution in [1.29, 1.82) is 0 Å². The molecule has 3 rings (SSSR count). The molecule has 2 N–H and O–H groups in total. The van der Waals surface area contributed by atoms with Crippen LogP contribution in [0.15, 0.2) is 24.5 Å². The van der Waals surface area contributed by atoms with Gasteiger partial charge in [0.1, 0.15) is 5.69 Å². The molecule has 3 heterocycles. The van der Waals surface area contributed by atoms with Crippen LogP contribution in [0, 0.1) is 6.92 Å². The first kappa shape index (κ1) is 14.0. The minimum absolute atomic E-state index is 0.0932. The summed E-state index contributed by atoms with van der Waals surface area (Å²) in [7, 11) is 1.82. The first-order chi connectivity index (χ1) is 10.5. The highest BCUT2D eigenvalue weighted by atomic mass is 16.2. The van der Waals surface area contributed by atoms with Crippen LogP contribution in [0.1, 0.15) is 33.5 Å². The van der Waals surface area contributed by atoms with E-state index in [-0.39, 0.29) is 11.7 Å². The van der Waals surface area contributed by atoms with Gasteiger partial charge in [-0.05, 0) is 26.0 Å². The number of hydrogen-bond donors (Lipinski definition) is 2. The van der Waals surface area contributed by atoms with E-state index >= 15 is 0 Å². The number of ketones is 1. The van der Waals surface area contributed by atoms with E-state index in [0.29, 0.717) is 16.9 Å². The van der Waals surface area contributed by atoms with Crippen LogP contribution in [-0.4, -0.2) is 31.4 Å². The van der Waals surface area contributed by atoms with E-state index in [9.17, 15) is 9.59 Å². The molecule has 0 saturated carbocycles. The zero-order valence-electron chi connectivity index (χ0n) is 12.5. The summed E-state index contributed by atoms with van der Waals surface area (Å²) in [6, 6.07) is 3.36. The Hall–Kier alpha value is -2.96. The number of carbonyl (C=O) groups is 2. The molecule has 0 aliphatic heterocycles. The average molecular weight is 297 g/mol. The van der Waals surface area contributed by atoms with Gasteiger partial charge in [0.15, 0.2) is 11.4 Å². The third kappa shape index (κ3) is 2.37. The summed E-state index contributed by atoms with van der Waals surface area (Å²) in [4.78, 5) is 30.5. The number of pyridine rings is 1. The number of Topliss-reactive ketones (excluding diaryl/α,β-unsaturated/α-hetero) is 1. The van der Waals surface area contributed by atoms with Gasteiger partial charge in [-0.2, -0.15) is 5.10 Å². The first-order valence-electron chi connectivity index (χ1n) is 6.76. The van der Waals surface area contributed by atoms with Crippen LogP contribution in [0.25, 0.3) is 11.0 Å². The summed E-state index contributed by atoms with van der Waals surface area (Å²) in [5.74, 6) is -0.417. The standard InChI is InChI=1S/C15H15N5O2/c1-8-12-5-11(7-17-14(12)20(3)19-8)18-15(22)13-4-10(6-16-13)9(2)21/h4-7,16H,1-3H3,(H,18,22). The third-order valence-electron chi connectivity index (χ3n) is 3.46. The molecule has 0 saturated heterocycles. The largest absolute Gasteiger partial charge is 0.356 e. The zero-order chi connectivity index (χ0) is 15.9. The Bertz CT molecular complexity index is 891. The number of H-pyrrole nitrogens is 1. The van der Waals surface area contributed by atoms with Gasteiger partial charge >= 0.3 is 0 Å². The van der Waals surface area contributed by atoms with Crippen LogP contribution in [0.5, 0.6) is 0 Å². The molecule has 0 bridgehead atoms. The molecule has 0 spiro atoms. The van der Waals surface area contributed by atoms with Gasteiger partial charge in [-0.15, -0.1) is 0 Å². The quantitative estimate of drug-likeness (QED) is 0.724. The number of amides is 1. The predicted octanol–water partition coefficient (Wildman–Crippen LogP) is 2.06. The Balaban J connectivity index is 1.87. The Morgan fingerprint density at radius 2 is 2.09 bits per heavy atom. The second kappa shape index (κ2) is 5.10. The summed E-state index contributed by atoms with van der Waals surface area (Å²) >= 11 is 0. The molecule has 7 heteroatoms. The molecule has 0 aromatic carbocycles. The van der Waals surface area contributed by atoms with Crippen molar-refractivity contribution in [3.63, 3.8) is 0 Å². The highest BCUT2D eigenvalue weighted by Gasteiger charge is 2.13. The SMILES string of the molecule is CC(=O)c1c[nH]c(C(=O)Nc2cnc3c(c2)c(C)nn3C)c1. The van der Waals surface area contributed by atoms with Crippen molar-refractivity contribution >= 4 is 28.4 Å². The zero-order valence-corrected chi connectivity index (χ0v) is 12.5. The number of fused-ring (bicyclic) bond motifs is 1. The van der Waals surface area contributed by atoms with Gasteiger partial charge in [-0.25, -0.2) is 4.98 Å².